The lowest BCUT2D eigenvalue weighted by Gasteiger charge is -2.26. The van der Waals surface area contributed by atoms with Gasteiger partial charge in [-0.2, -0.15) is 0 Å². The monoisotopic (exact) mass is 414 g/mol. The van der Waals surface area contributed by atoms with Gasteiger partial charge < -0.3 is 15.4 Å². The van der Waals surface area contributed by atoms with Gasteiger partial charge in [0.05, 0.1) is 6.61 Å². The Bertz CT molecular complexity index is 883. The molecule has 1 heterocycles. The number of anilines is 1. The molecule has 29 heavy (non-hydrogen) atoms. The van der Waals surface area contributed by atoms with Crippen molar-refractivity contribution >= 4 is 28.3 Å². The quantitative estimate of drug-likeness (QED) is 0.695. The molecular weight excluding hydrogens is 388 g/mol. The summed E-state index contributed by atoms with van der Waals surface area (Å²) in [5.41, 5.74) is 4.13. The first-order chi connectivity index (χ1) is 14.0. The number of carbonyl (C=O) groups is 2. The van der Waals surface area contributed by atoms with E-state index >= 15 is 0 Å². The molecule has 0 fully saturated rings. The molecule has 2 atom stereocenters. The first-order valence-electron chi connectivity index (χ1n) is 9.75. The highest BCUT2D eigenvalue weighted by Crippen LogP contribution is 2.26. The van der Waals surface area contributed by atoms with Gasteiger partial charge in [0, 0.05) is 23.0 Å². The third-order valence-electron chi connectivity index (χ3n) is 4.81. The largest absolute Gasteiger partial charge is 0.371 e. The first-order valence-corrected chi connectivity index (χ1v) is 11.2. The maximum absolute atomic E-state index is 12.2. The van der Waals surface area contributed by atoms with Gasteiger partial charge in [0.25, 0.3) is 0 Å². The second-order valence-electron chi connectivity index (χ2n) is 6.94. The molecule has 0 spiro atoms. The van der Waals surface area contributed by atoms with E-state index in [-0.39, 0.29) is 29.4 Å². The predicted octanol–water partition coefficient (Wildman–Crippen LogP) is 2.37. The molecule has 0 saturated carbocycles. The van der Waals surface area contributed by atoms with Gasteiger partial charge in [0.15, 0.2) is 0 Å². The molecular formula is C22H26N2O4S. The van der Waals surface area contributed by atoms with Gasteiger partial charge in [-0.25, -0.2) is 0 Å². The molecule has 3 rings (SSSR count). The number of carbonyl (C=O) groups excluding carboxylic acids is 2. The molecule has 2 aromatic carbocycles. The number of ether oxygens (including phenoxy) is 1. The van der Waals surface area contributed by atoms with Gasteiger partial charge in [-0.3, -0.25) is 13.8 Å². The van der Waals surface area contributed by atoms with Crippen LogP contribution in [0.1, 0.15) is 29.7 Å². The van der Waals surface area contributed by atoms with Gasteiger partial charge in [-0.05, 0) is 41.7 Å². The van der Waals surface area contributed by atoms with Gasteiger partial charge in [0.1, 0.15) is 17.6 Å². The van der Waals surface area contributed by atoms with E-state index in [0.717, 1.165) is 18.4 Å². The Balaban J connectivity index is 1.42. The number of nitrogens with one attached hydrogen (secondary N) is 2. The maximum atomic E-state index is 12.2. The Hall–Kier alpha value is -2.51. The fourth-order valence-electron chi connectivity index (χ4n) is 3.27. The molecule has 1 aliphatic rings. The van der Waals surface area contributed by atoms with Crippen LogP contribution in [0.2, 0.25) is 0 Å². The first kappa shape index (κ1) is 21.2. The summed E-state index contributed by atoms with van der Waals surface area (Å²) >= 11 is 0. The van der Waals surface area contributed by atoms with Gasteiger partial charge >= 0.3 is 0 Å². The number of aryl methyl sites for hydroxylation is 1. The maximum Gasteiger partial charge on any atom is 0.237 e. The van der Waals surface area contributed by atoms with E-state index in [2.05, 4.69) is 23.6 Å². The highest BCUT2D eigenvalue weighted by atomic mass is 32.2. The lowest BCUT2D eigenvalue weighted by molar-refractivity contribution is -0.119. The Morgan fingerprint density at radius 1 is 1.07 bits per heavy atom. The topological polar surface area (TPSA) is 84.5 Å². The molecule has 0 saturated heterocycles. The van der Waals surface area contributed by atoms with Crippen LogP contribution in [0, 0.1) is 0 Å². The molecule has 7 heteroatoms. The van der Waals surface area contributed by atoms with Crippen LogP contribution in [0.5, 0.6) is 0 Å². The van der Waals surface area contributed by atoms with Crippen molar-refractivity contribution in [1.29, 1.82) is 0 Å². The lowest BCUT2D eigenvalue weighted by Crippen LogP contribution is -2.35. The molecule has 2 N–H and O–H groups in total. The third-order valence-corrected chi connectivity index (χ3v) is 5.98. The van der Waals surface area contributed by atoms with E-state index in [1.165, 1.54) is 11.1 Å². The van der Waals surface area contributed by atoms with Crippen molar-refractivity contribution < 1.29 is 18.5 Å². The third kappa shape index (κ3) is 6.24. The smallest absolute Gasteiger partial charge is 0.237 e. The fraction of sp³-hybridized carbons (Fsp3) is 0.364. The molecule has 154 valence electrons. The van der Waals surface area contributed by atoms with E-state index in [9.17, 15) is 13.8 Å². The summed E-state index contributed by atoms with van der Waals surface area (Å²) < 4.78 is 17.9. The zero-order valence-electron chi connectivity index (χ0n) is 16.5. The molecule has 0 radical (unpaired) electrons. The summed E-state index contributed by atoms with van der Waals surface area (Å²) in [6.07, 6.45) is 1.58. The standard InChI is InChI=1S/C22H26N2O4S/c1-2-16-7-9-18(10-8-16)24-22(26)15-29(27)14-21(25)23-13-20-19-6-4-3-5-17(19)11-12-28-20/h3-10,20H,2,11-15H2,1H3,(H,23,25)(H,24,26)/t20-,29+/m1/s1. The van der Waals surface area contributed by atoms with E-state index in [4.69, 9.17) is 4.74 Å². The van der Waals surface area contributed by atoms with Crippen LogP contribution >= 0.6 is 0 Å². The Morgan fingerprint density at radius 3 is 2.55 bits per heavy atom. The minimum absolute atomic E-state index is 0.202. The van der Waals surface area contributed by atoms with E-state index in [0.29, 0.717) is 18.8 Å². The fourth-order valence-corrected chi connectivity index (χ4v) is 4.13. The van der Waals surface area contributed by atoms with Crippen molar-refractivity contribution in [3.63, 3.8) is 0 Å². The van der Waals surface area contributed by atoms with Crippen LogP contribution < -0.4 is 10.6 Å². The van der Waals surface area contributed by atoms with Crippen molar-refractivity contribution in [2.24, 2.45) is 0 Å². The summed E-state index contributed by atoms with van der Waals surface area (Å²) in [5, 5.41) is 5.48. The minimum atomic E-state index is -1.58. The number of hydrogen-bond donors (Lipinski definition) is 2. The normalized spacial score (nSPS) is 16.5. The second-order valence-corrected chi connectivity index (χ2v) is 8.40. The average molecular weight is 415 g/mol. The molecule has 0 bridgehead atoms. The Labute approximate surface area is 173 Å². The zero-order valence-corrected chi connectivity index (χ0v) is 17.3. The molecule has 2 amide bonds. The molecule has 2 aromatic rings. The second kappa shape index (κ2) is 10.3. The van der Waals surface area contributed by atoms with E-state index < -0.39 is 10.8 Å². The van der Waals surface area contributed by atoms with Crippen LogP contribution in [0.4, 0.5) is 5.69 Å². The number of amides is 2. The van der Waals surface area contributed by atoms with E-state index in [1.807, 2.05) is 42.5 Å². The molecule has 0 unspecified atom stereocenters. The van der Waals surface area contributed by atoms with Crippen molar-refractivity contribution in [3.05, 3.63) is 65.2 Å². The van der Waals surface area contributed by atoms with Crippen LogP contribution in [0.25, 0.3) is 0 Å². The minimum Gasteiger partial charge on any atom is -0.371 e. The van der Waals surface area contributed by atoms with Crippen LogP contribution in [-0.4, -0.2) is 40.7 Å². The summed E-state index contributed by atoms with van der Waals surface area (Å²) in [6.45, 7) is 2.99. The number of rotatable bonds is 8. The Kier molecular flexibility index (Phi) is 7.55. The van der Waals surface area contributed by atoms with Crippen molar-refractivity contribution in [3.8, 4) is 0 Å². The highest BCUT2D eigenvalue weighted by Gasteiger charge is 2.21. The summed E-state index contributed by atoms with van der Waals surface area (Å²) in [5.74, 6) is -1.15. The van der Waals surface area contributed by atoms with Crippen molar-refractivity contribution in [2.75, 3.05) is 30.0 Å². The number of benzene rings is 2. The average Bonchev–Trinajstić information content (AvgIpc) is 2.72. The Morgan fingerprint density at radius 2 is 1.79 bits per heavy atom. The predicted molar refractivity (Wildman–Crippen MR) is 114 cm³/mol. The number of hydrogen-bond acceptors (Lipinski definition) is 4. The number of fused-ring (bicyclic) bond motifs is 1. The molecule has 0 aromatic heterocycles. The van der Waals surface area contributed by atoms with Gasteiger partial charge in [0.2, 0.25) is 11.8 Å². The lowest BCUT2D eigenvalue weighted by atomic mass is 9.97. The SMILES string of the molecule is CCc1ccc(NC(=O)C[S@@](=O)CC(=O)NC[C@H]2OCCc3ccccc32)cc1. The highest BCUT2D eigenvalue weighted by molar-refractivity contribution is 7.86. The van der Waals surface area contributed by atoms with Gasteiger partial charge in [-0.1, -0.05) is 43.3 Å². The molecule has 0 aliphatic carbocycles. The summed E-state index contributed by atoms with van der Waals surface area (Å²) in [7, 11) is -1.58. The zero-order chi connectivity index (χ0) is 20.6. The van der Waals surface area contributed by atoms with Gasteiger partial charge in [-0.15, -0.1) is 0 Å². The van der Waals surface area contributed by atoms with Crippen LogP contribution in [0.15, 0.2) is 48.5 Å². The van der Waals surface area contributed by atoms with Crippen molar-refractivity contribution in [2.45, 2.75) is 25.9 Å². The van der Waals surface area contributed by atoms with E-state index in [1.54, 1.807) is 0 Å². The molecule has 6 nitrogen and oxygen atoms in total. The van der Waals surface area contributed by atoms with Crippen molar-refractivity contribution in [1.82, 2.24) is 5.32 Å². The molecule has 1 aliphatic heterocycles. The summed E-state index contributed by atoms with van der Waals surface area (Å²) in [6, 6.07) is 15.5. The van der Waals surface area contributed by atoms with Crippen LogP contribution in [-0.2, 0) is 38.0 Å². The summed E-state index contributed by atoms with van der Waals surface area (Å²) in [4.78, 5) is 24.2. The van der Waals surface area contributed by atoms with Crippen LogP contribution in [0.3, 0.4) is 0 Å².